The van der Waals surface area contributed by atoms with Crippen molar-refractivity contribution in [1.29, 1.82) is 0 Å². The van der Waals surface area contributed by atoms with Crippen LogP contribution >= 0.6 is 0 Å². The highest BCUT2D eigenvalue weighted by atomic mass is 16.7. The molecule has 0 N–H and O–H groups in total. The largest absolute Gasteiger partial charge is 0.466 e. The molecule has 0 saturated heterocycles. The van der Waals surface area contributed by atoms with Gasteiger partial charge in [-0.1, -0.05) is 42.5 Å². The van der Waals surface area contributed by atoms with Crippen LogP contribution in [0.3, 0.4) is 0 Å². The van der Waals surface area contributed by atoms with E-state index in [-0.39, 0.29) is 23.4 Å². The molecule has 172 valence electrons. The van der Waals surface area contributed by atoms with Crippen LogP contribution in [0.25, 0.3) is 0 Å². The smallest absolute Gasteiger partial charge is 0.336 e. The Morgan fingerprint density at radius 3 is 2.03 bits per heavy atom. The summed E-state index contributed by atoms with van der Waals surface area (Å²) < 4.78 is 10.0. The van der Waals surface area contributed by atoms with Crippen molar-refractivity contribution in [2.24, 2.45) is 0 Å². The maximum atomic E-state index is 12.9. The number of methoxy groups -OCH3 is 2. The molecule has 0 atom stereocenters. The Hall–Kier alpha value is -3.98. The fourth-order valence-electron chi connectivity index (χ4n) is 3.84. The Balaban J connectivity index is 2.17. The first kappa shape index (κ1) is 23.7. The molecule has 2 aromatic carbocycles. The molecule has 9 nitrogen and oxygen atoms in total. The van der Waals surface area contributed by atoms with E-state index in [9.17, 15) is 19.7 Å². The zero-order chi connectivity index (χ0) is 24.1. The van der Waals surface area contributed by atoms with Crippen LogP contribution in [0, 0.1) is 10.1 Å². The summed E-state index contributed by atoms with van der Waals surface area (Å²) in [4.78, 5) is 42.6. The van der Waals surface area contributed by atoms with Gasteiger partial charge in [0, 0.05) is 12.1 Å². The summed E-state index contributed by atoms with van der Waals surface area (Å²) in [7, 11) is 2.45. The highest BCUT2D eigenvalue weighted by molar-refractivity contribution is 5.99. The Kier molecular flexibility index (Phi) is 7.24. The Labute approximate surface area is 191 Å². The number of carbonyl (C=O) groups excluding carboxylic acids is 2. The number of allylic oxidation sites excluding steroid dienone is 2. The van der Waals surface area contributed by atoms with E-state index in [4.69, 9.17) is 14.3 Å². The van der Waals surface area contributed by atoms with Crippen LogP contribution in [-0.2, 0) is 30.5 Å². The van der Waals surface area contributed by atoms with Crippen LogP contribution < -0.4 is 0 Å². The van der Waals surface area contributed by atoms with Crippen LogP contribution in [0.5, 0.6) is 0 Å². The predicted molar refractivity (Wildman–Crippen MR) is 118 cm³/mol. The van der Waals surface area contributed by atoms with E-state index >= 15 is 0 Å². The van der Waals surface area contributed by atoms with Gasteiger partial charge in [0.25, 0.3) is 5.69 Å². The predicted octanol–water partition coefficient (Wildman–Crippen LogP) is 4.02. The molecule has 9 heteroatoms. The zero-order valence-electron chi connectivity index (χ0n) is 18.7. The maximum Gasteiger partial charge on any atom is 0.336 e. The molecule has 0 radical (unpaired) electrons. The number of hydrogen-bond donors (Lipinski definition) is 0. The molecule has 1 heterocycles. The van der Waals surface area contributed by atoms with Crippen molar-refractivity contribution in [3.63, 3.8) is 0 Å². The summed E-state index contributed by atoms with van der Waals surface area (Å²) in [6.45, 7) is 3.51. The number of ether oxygens (including phenoxy) is 2. The third kappa shape index (κ3) is 4.78. The van der Waals surface area contributed by atoms with Crippen molar-refractivity contribution in [2.45, 2.75) is 26.4 Å². The molecule has 1 aliphatic rings. The molecule has 33 heavy (non-hydrogen) atoms. The first-order valence-corrected chi connectivity index (χ1v) is 10.1. The summed E-state index contributed by atoms with van der Waals surface area (Å²) >= 11 is 0. The van der Waals surface area contributed by atoms with Gasteiger partial charge in [-0.05, 0) is 25.0 Å². The first-order valence-electron chi connectivity index (χ1n) is 10.1. The van der Waals surface area contributed by atoms with Crippen molar-refractivity contribution in [3.05, 3.63) is 98.4 Å². The number of esters is 2. The summed E-state index contributed by atoms with van der Waals surface area (Å²) in [6, 6.07) is 15.2. The number of rotatable bonds is 7. The minimum absolute atomic E-state index is 0.122. The lowest BCUT2D eigenvalue weighted by Crippen LogP contribution is -2.35. The second-order valence-corrected chi connectivity index (χ2v) is 7.32. The van der Waals surface area contributed by atoms with Gasteiger partial charge in [-0.15, -0.1) is 0 Å². The first-order chi connectivity index (χ1) is 15.8. The van der Waals surface area contributed by atoms with E-state index in [1.807, 2.05) is 30.3 Å². The van der Waals surface area contributed by atoms with Gasteiger partial charge >= 0.3 is 11.9 Å². The summed E-state index contributed by atoms with van der Waals surface area (Å²) in [5.74, 6) is -2.32. The van der Waals surface area contributed by atoms with Crippen LogP contribution in [0.1, 0.15) is 30.9 Å². The molecule has 3 rings (SSSR count). The van der Waals surface area contributed by atoms with Crippen molar-refractivity contribution in [2.75, 3.05) is 14.2 Å². The van der Waals surface area contributed by atoms with Gasteiger partial charge in [-0.3, -0.25) is 15.0 Å². The minimum atomic E-state index is -0.943. The zero-order valence-corrected chi connectivity index (χ0v) is 18.7. The Morgan fingerprint density at radius 2 is 1.52 bits per heavy atom. The van der Waals surface area contributed by atoms with Crippen LogP contribution in [-0.4, -0.2) is 36.1 Å². The van der Waals surface area contributed by atoms with Crippen molar-refractivity contribution in [3.8, 4) is 0 Å². The number of non-ortho nitro benzene ring substituents is 1. The van der Waals surface area contributed by atoms with E-state index in [1.54, 1.807) is 19.9 Å². The molecule has 0 amide bonds. The second-order valence-electron chi connectivity index (χ2n) is 7.32. The molecular formula is C24H24N2O7. The molecule has 0 spiro atoms. The quantitative estimate of drug-likeness (QED) is 0.352. The summed E-state index contributed by atoms with van der Waals surface area (Å²) in [5.41, 5.74) is 2.15. The average Bonchev–Trinajstić information content (AvgIpc) is 2.83. The van der Waals surface area contributed by atoms with Gasteiger partial charge in [-0.2, -0.15) is 0 Å². The number of carbonyl (C=O) groups is 2. The van der Waals surface area contributed by atoms with Crippen molar-refractivity contribution in [1.82, 2.24) is 5.06 Å². The van der Waals surface area contributed by atoms with E-state index in [1.165, 1.54) is 37.5 Å². The monoisotopic (exact) mass is 452 g/mol. The van der Waals surface area contributed by atoms with E-state index in [0.29, 0.717) is 17.0 Å². The van der Waals surface area contributed by atoms with Crippen LogP contribution in [0.2, 0.25) is 0 Å². The third-order valence-electron chi connectivity index (χ3n) is 5.39. The van der Waals surface area contributed by atoms with Gasteiger partial charge in [0.2, 0.25) is 0 Å². The highest BCUT2D eigenvalue weighted by Gasteiger charge is 2.41. The fraction of sp³-hybridized carbons (Fsp3) is 0.250. The SMILES string of the molecule is COC(=O)C1=C(C)N(OCc2ccccc2)C(C)=C(C(=O)OC)C1c1cccc([N+](=O)[O-])c1. The normalized spacial score (nSPS) is 14.4. The maximum absolute atomic E-state index is 12.9. The molecule has 0 bridgehead atoms. The van der Waals surface area contributed by atoms with Gasteiger partial charge in [0.15, 0.2) is 0 Å². The van der Waals surface area contributed by atoms with E-state index in [0.717, 1.165) is 5.56 Å². The molecule has 1 aliphatic heterocycles. The lowest BCUT2D eigenvalue weighted by atomic mass is 9.80. The van der Waals surface area contributed by atoms with Gasteiger partial charge in [0.05, 0.1) is 47.6 Å². The number of nitro groups is 1. The van der Waals surface area contributed by atoms with Gasteiger partial charge in [0.1, 0.15) is 6.61 Å². The molecule has 0 aliphatic carbocycles. The lowest BCUT2D eigenvalue weighted by Gasteiger charge is -2.36. The molecule has 0 fully saturated rings. The summed E-state index contributed by atoms with van der Waals surface area (Å²) in [5, 5.41) is 12.8. The number of hydroxylamine groups is 2. The Bertz CT molecular complexity index is 1100. The summed E-state index contributed by atoms with van der Waals surface area (Å²) in [6.07, 6.45) is 0. The van der Waals surface area contributed by atoms with E-state index in [2.05, 4.69) is 0 Å². The molecule has 0 unspecified atom stereocenters. The number of nitrogens with zero attached hydrogens (tertiary/aromatic N) is 2. The minimum Gasteiger partial charge on any atom is -0.466 e. The third-order valence-corrected chi connectivity index (χ3v) is 5.39. The fourth-order valence-corrected chi connectivity index (χ4v) is 3.84. The molecule has 2 aromatic rings. The standard InChI is InChI=1S/C24H24N2O7/c1-15-20(23(27)31-3)22(18-11-8-12-19(13-18)26(29)30)21(24(28)32-4)16(2)25(15)33-14-17-9-6-5-7-10-17/h5-13,22H,14H2,1-4H3. The van der Waals surface area contributed by atoms with Gasteiger partial charge < -0.3 is 9.47 Å². The van der Waals surface area contributed by atoms with Crippen LogP contribution in [0.15, 0.2) is 77.1 Å². The van der Waals surface area contributed by atoms with Crippen molar-refractivity contribution < 1.29 is 28.8 Å². The average molecular weight is 452 g/mol. The van der Waals surface area contributed by atoms with Crippen LogP contribution in [0.4, 0.5) is 5.69 Å². The van der Waals surface area contributed by atoms with Crippen molar-refractivity contribution >= 4 is 17.6 Å². The number of hydrogen-bond acceptors (Lipinski definition) is 8. The second kappa shape index (κ2) is 10.1. The van der Waals surface area contributed by atoms with E-state index < -0.39 is 22.8 Å². The molecule has 0 aromatic heterocycles. The molecular weight excluding hydrogens is 428 g/mol. The highest BCUT2D eigenvalue weighted by Crippen LogP contribution is 2.43. The number of nitro benzene ring substituents is 1. The van der Waals surface area contributed by atoms with Gasteiger partial charge in [-0.25, -0.2) is 14.7 Å². The Morgan fingerprint density at radius 1 is 0.939 bits per heavy atom. The number of benzene rings is 2. The topological polar surface area (TPSA) is 108 Å². The lowest BCUT2D eigenvalue weighted by molar-refractivity contribution is -0.384. The molecule has 0 saturated carbocycles.